The summed E-state index contributed by atoms with van der Waals surface area (Å²) in [6, 6.07) is 3.59. The van der Waals surface area contributed by atoms with Crippen LogP contribution >= 0.6 is 33.9 Å². The minimum absolute atomic E-state index is 0.585. The van der Waals surface area contributed by atoms with Crippen LogP contribution in [0, 0.1) is 8.80 Å². The van der Waals surface area contributed by atoms with E-state index in [4.69, 9.17) is 4.74 Å². The highest BCUT2D eigenvalue weighted by atomic mass is 127. The predicted molar refractivity (Wildman–Crippen MR) is 88.9 cm³/mol. The van der Waals surface area contributed by atoms with Crippen molar-refractivity contribution in [2.45, 2.75) is 51.1 Å². The van der Waals surface area contributed by atoms with Crippen molar-refractivity contribution in [3.05, 3.63) is 19.4 Å². The lowest BCUT2D eigenvalue weighted by Gasteiger charge is -2.33. The zero-order valence-corrected chi connectivity index (χ0v) is 14.4. The Kier molecular flexibility index (Phi) is 4.82. The van der Waals surface area contributed by atoms with Gasteiger partial charge in [0, 0.05) is 30.2 Å². The molecule has 1 fully saturated rings. The fraction of sp³-hybridized carbons (Fsp3) is 0.733. The average molecular weight is 391 g/mol. The highest BCUT2D eigenvalue weighted by Gasteiger charge is 2.27. The van der Waals surface area contributed by atoms with Gasteiger partial charge in [0.05, 0.1) is 2.88 Å². The van der Waals surface area contributed by atoms with Gasteiger partial charge in [0.25, 0.3) is 0 Å². The van der Waals surface area contributed by atoms with Crippen molar-refractivity contribution < 1.29 is 4.74 Å². The molecular weight excluding hydrogens is 369 g/mol. The molecule has 2 nitrogen and oxygen atoms in total. The van der Waals surface area contributed by atoms with Crippen LogP contribution in [0.3, 0.4) is 0 Å². The number of fused-ring (bicyclic) bond motifs is 1. The predicted octanol–water partition coefficient (Wildman–Crippen LogP) is 4.13. The third kappa shape index (κ3) is 3.34. The first kappa shape index (κ1) is 14.3. The van der Waals surface area contributed by atoms with E-state index in [0.717, 1.165) is 19.1 Å². The summed E-state index contributed by atoms with van der Waals surface area (Å²) in [6.07, 6.45) is 6.35. The van der Waals surface area contributed by atoms with E-state index in [9.17, 15) is 0 Å². The Balaban J connectivity index is 1.66. The van der Waals surface area contributed by atoms with Gasteiger partial charge in [-0.1, -0.05) is 0 Å². The molecule has 4 heteroatoms. The molecule has 1 aliphatic carbocycles. The Morgan fingerprint density at radius 3 is 2.95 bits per heavy atom. The molecule has 1 aliphatic heterocycles. The number of hydrogen-bond acceptors (Lipinski definition) is 3. The van der Waals surface area contributed by atoms with Gasteiger partial charge in [0.2, 0.25) is 0 Å². The first-order valence-corrected chi connectivity index (χ1v) is 9.25. The molecule has 1 saturated heterocycles. The molecule has 3 rings (SSSR count). The van der Waals surface area contributed by atoms with Gasteiger partial charge in [0.15, 0.2) is 0 Å². The summed E-state index contributed by atoms with van der Waals surface area (Å²) in [4.78, 5) is 1.62. The van der Waals surface area contributed by atoms with Crippen molar-refractivity contribution in [2.75, 3.05) is 13.2 Å². The van der Waals surface area contributed by atoms with Crippen LogP contribution in [0.25, 0.3) is 0 Å². The van der Waals surface area contributed by atoms with Crippen LogP contribution in [-0.4, -0.2) is 19.3 Å². The van der Waals surface area contributed by atoms with Crippen LogP contribution < -0.4 is 5.32 Å². The van der Waals surface area contributed by atoms with Gasteiger partial charge in [-0.05, 0) is 79.2 Å². The fourth-order valence-corrected chi connectivity index (χ4v) is 5.48. The van der Waals surface area contributed by atoms with E-state index in [1.165, 1.54) is 35.0 Å². The van der Waals surface area contributed by atoms with Crippen molar-refractivity contribution in [3.8, 4) is 0 Å². The summed E-state index contributed by atoms with van der Waals surface area (Å²) in [7, 11) is 0. The number of thiophene rings is 1. The Labute approximate surface area is 133 Å². The van der Waals surface area contributed by atoms with Crippen LogP contribution in [-0.2, 0) is 11.2 Å². The molecular formula is C15H22INOS. The first-order valence-electron chi connectivity index (χ1n) is 7.36. The second-order valence-electron chi connectivity index (χ2n) is 5.78. The van der Waals surface area contributed by atoms with Crippen LogP contribution in [0.2, 0.25) is 0 Å². The van der Waals surface area contributed by atoms with Crippen LogP contribution in [0.15, 0.2) is 6.07 Å². The molecule has 106 valence electrons. The van der Waals surface area contributed by atoms with Gasteiger partial charge in [0.1, 0.15) is 0 Å². The summed E-state index contributed by atoms with van der Waals surface area (Å²) in [5.74, 6) is 0.789. The van der Waals surface area contributed by atoms with Crippen molar-refractivity contribution in [1.82, 2.24) is 5.32 Å². The van der Waals surface area contributed by atoms with Gasteiger partial charge < -0.3 is 10.1 Å². The van der Waals surface area contributed by atoms with Crippen molar-refractivity contribution in [1.29, 1.82) is 0 Å². The minimum atomic E-state index is 0.585. The van der Waals surface area contributed by atoms with E-state index in [-0.39, 0.29) is 0 Å². The lowest BCUT2D eigenvalue weighted by Crippen LogP contribution is -2.39. The highest BCUT2D eigenvalue weighted by Crippen LogP contribution is 2.37. The van der Waals surface area contributed by atoms with Crippen molar-refractivity contribution in [3.63, 3.8) is 0 Å². The number of aryl methyl sites for hydroxylation is 1. The number of ether oxygens (including phenoxy) is 1. The maximum Gasteiger partial charge on any atom is 0.0659 e. The van der Waals surface area contributed by atoms with Gasteiger partial charge in [-0.3, -0.25) is 0 Å². The third-order valence-electron chi connectivity index (χ3n) is 4.52. The monoisotopic (exact) mass is 391 g/mol. The van der Waals surface area contributed by atoms with E-state index in [1.807, 2.05) is 11.3 Å². The smallest absolute Gasteiger partial charge is 0.0659 e. The van der Waals surface area contributed by atoms with Gasteiger partial charge in [-0.2, -0.15) is 0 Å². The summed E-state index contributed by atoms with van der Waals surface area (Å²) in [5, 5.41) is 3.91. The third-order valence-corrected chi connectivity index (χ3v) is 6.49. The molecule has 0 saturated carbocycles. The maximum absolute atomic E-state index is 5.47. The molecule has 1 aromatic rings. The summed E-state index contributed by atoms with van der Waals surface area (Å²) in [6.45, 7) is 4.26. The first-order chi connectivity index (χ1) is 9.24. The SMILES string of the molecule is CC(NC1CCCc2sc(I)cc21)C1CCOCC1. The number of rotatable bonds is 3. The fourth-order valence-electron chi connectivity index (χ4n) is 3.36. The average Bonchev–Trinajstić information content (AvgIpc) is 2.81. The second-order valence-corrected chi connectivity index (χ2v) is 8.81. The molecule has 0 spiro atoms. The summed E-state index contributed by atoms with van der Waals surface area (Å²) >= 11 is 4.45. The summed E-state index contributed by atoms with van der Waals surface area (Å²) in [5.41, 5.74) is 1.58. The van der Waals surface area contributed by atoms with E-state index in [1.54, 1.807) is 10.4 Å². The molecule has 0 amide bonds. The quantitative estimate of drug-likeness (QED) is 0.783. The topological polar surface area (TPSA) is 21.3 Å². The Bertz CT molecular complexity index is 428. The Hall–Kier alpha value is 0.350. The number of nitrogens with one attached hydrogen (secondary N) is 1. The second kappa shape index (κ2) is 6.41. The van der Waals surface area contributed by atoms with E-state index >= 15 is 0 Å². The van der Waals surface area contributed by atoms with Gasteiger partial charge in [-0.25, -0.2) is 0 Å². The molecule has 2 aliphatic rings. The van der Waals surface area contributed by atoms with Crippen molar-refractivity contribution in [2.24, 2.45) is 5.92 Å². The molecule has 19 heavy (non-hydrogen) atoms. The molecule has 2 heterocycles. The molecule has 1 aromatic heterocycles. The van der Waals surface area contributed by atoms with E-state index < -0.39 is 0 Å². The largest absolute Gasteiger partial charge is 0.381 e. The van der Waals surface area contributed by atoms with Crippen LogP contribution in [0.5, 0.6) is 0 Å². The van der Waals surface area contributed by atoms with Gasteiger partial charge >= 0.3 is 0 Å². The highest BCUT2D eigenvalue weighted by molar-refractivity contribution is 14.1. The van der Waals surface area contributed by atoms with Crippen LogP contribution in [0.4, 0.5) is 0 Å². The standard InChI is InChI=1S/C15H22INOS/c1-10(11-5-7-18-8-6-11)17-13-3-2-4-14-12(13)9-15(16)19-14/h9-11,13,17H,2-8H2,1H3. The van der Waals surface area contributed by atoms with E-state index in [2.05, 4.69) is 40.9 Å². The lowest BCUT2D eigenvalue weighted by molar-refractivity contribution is 0.0540. The molecule has 0 aromatic carbocycles. The zero-order valence-electron chi connectivity index (χ0n) is 11.5. The minimum Gasteiger partial charge on any atom is -0.381 e. The normalized spacial score (nSPS) is 26.1. The Morgan fingerprint density at radius 2 is 2.16 bits per heavy atom. The molecule has 2 unspecified atom stereocenters. The number of halogens is 1. The van der Waals surface area contributed by atoms with Gasteiger partial charge in [-0.15, -0.1) is 11.3 Å². The molecule has 1 N–H and O–H groups in total. The molecule has 2 atom stereocenters. The van der Waals surface area contributed by atoms with E-state index in [0.29, 0.717) is 12.1 Å². The van der Waals surface area contributed by atoms with Crippen LogP contribution in [0.1, 0.15) is 49.1 Å². The number of hydrogen-bond donors (Lipinski definition) is 1. The molecule has 0 bridgehead atoms. The Morgan fingerprint density at radius 1 is 1.37 bits per heavy atom. The lowest BCUT2D eigenvalue weighted by atomic mass is 9.89. The summed E-state index contributed by atoms with van der Waals surface area (Å²) < 4.78 is 6.91. The zero-order chi connectivity index (χ0) is 13.2. The maximum atomic E-state index is 5.47. The molecule has 0 radical (unpaired) electrons. The van der Waals surface area contributed by atoms with Crippen molar-refractivity contribution >= 4 is 33.9 Å².